The maximum absolute atomic E-state index is 12.7. The van der Waals surface area contributed by atoms with Crippen molar-refractivity contribution in [3.63, 3.8) is 0 Å². The minimum Gasteiger partial charge on any atom is -0.508 e. The van der Waals surface area contributed by atoms with Crippen LogP contribution in [0, 0.1) is 6.92 Å². The molecule has 2 nitrogen and oxygen atoms in total. The van der Waals surface area contributed by atoms with Crippen molar-refractivity contribution in [3.05, 3.63) is 58.7 Å². The Labute approximate surface area is 114 Å². The predicted molar refractivity (Wildman–Crippen MR) is 68.8 cm³/mol. The van der Waals surface area contributed by atoms with Crippen LogP contribution in [0.5, 0.6) is 11.5 Å². The van der Waals surface area contributed by atoms with Gasteiger partial charge in [-0.25, -0.2) is 0 Å². The van der Waals surface area contributed by atoms with Crippen LogP contribution in [0.2, 0.25) is 0 Å². The highest BCUT2D eigenvalue weighted by molar-refractivity contribution is 5.41. The van der Waals surface area contributed by atoms with Crippen molar-refractivity contribution in [2.24, 2.45) is 0 Å². The number of halogens is 3. The van der Waals surface area contributed by atoms with Gasteiger partial charge in [0.05, 0.1) is 5.56 Å². The van der Waals surface area contributed by atoms with Gasteiger partial charge in [-0.1, -0.05) is 18.2 Å². The molecule has 0 aromatic heterocycles. The van der Waals surface area contributed by atoms with E-state index in [2.05, 4.69) is 0 Å². The second-order valence-corrected chi connectivity index (χ2v) is 4.65. The molecule has 0 atom stereocenters. The summed E-state index contributed by atoms with van der Waals surface area (Å²) in [5.41, 5.74) is 0.863. The summed E-state index contributed by atoms with van der Waals surface area (Å²) in [5.74, 6) is -0.626. The Morgan fingerprint density at radius 2 is 1.45 bits per heavy atom. The number of alkyl halides is 3. The lowest BCUT2D eigenvalue weighted by Crippen LogP contribution is -2.06. The van der Waals surface area contributed by atoms with Gasteiger partial charge in [-0.15, -0.1) is 0 Å². The molecule has 5 heteroatoms. The van der Waals surface area contributed by atoms with Crippen molar-refractivity contribution in [1.82, 2.24) is 0 Å². The molecule has 0 radical (unpaired) electrons. The van der Waals surface area contributed by atoms with Crippen molar-refractivity contribution in [2.45, 2.75) is 19.5 Å². The maximum Gasteiger partial charge on any atom is 0.419 e. The fourth-order valence-electron chi connectivity index (χ4n) is 1.98. The van der Waals surface area contributed by atoms with Crippen LogP contribution in [-0.4, -0.2) is 10.2 Å². The summed E-state index contributed by atoms with van der Waals surface area (Å²) < 4.78 is 38.1. The zero-order chi connectivity index (χ0) is 14.9. The third kappa shape index (κ3) is 3.04. The fourth-order valence-corrected chi connectivity index (χ4v) is 1.98. The number of aryl methyl sites for hydroxylation is 1. The summed E-state index contributed by atoms with van der Waals surface area (Å²) >= 11 is 0. The summed E-state index contributed by atoms with van der Waals surface area (Å²) in [6.07, 6.45) is -4.28. The van der Waals surface area contributed by atoms with E-state index >= 15 is 0 Å². The lowest BCUT2D eigenvalue weighted by atomic mass is 10.0. The van der Waals surface area contributed by atoms with Gasteiger partial charge in [0, 0.05) is 0 Å². The molecule has 0 heterocycles. The Morgan fingerprint density at radius 3 is 2.00 bits per heavy atom. The van der Waals surface area contributed by atoms with E-state index < -0.39 is 17.5 Å². The van der Waals surface area contributed by atoms with Crippen molar-refractivity contribution in [3.8, 4) is 11.5 Å². The third-order valence-electron chi connectivity index (χ3n) is 3.04. The van der Waals surface area contributed by atoms with Gasteiger partial charge in [0.2, 0.25) is 0 Å². The van der Waals surface area contributed by atoms with Gasteiger partial charge in [-0.2, -0.15) is 13.2 Å². The molecule has 0 aliphatic rings. The summed E-state index contributed by atoms with van der Waals surface area (Å²) in [4.78, 5) is 0. The standard InChI is InChI=1S/C15H13F3O2/c1-9-6-10(2-4-13(9)19)7-11-3-5-14(20)12(8-11)15(16,17)18/h2-6,8,19-20H,7H2,1H3. The van der Waals surface area contributed by atoms with E-state index in [4.69, 9.17) is 0 Å². The van der Waals surface area contributed by atoms with Crippen LogP contribution < -0.4 is 0 Å². The number of phenolic OH excluding ortho intramolecular Hbond substituents is 2. The van der Waals surface area contributed by atoms with E-state index in [1.165, 1.54) is 12.1 Å². The number of hydrogen-bond acceptors (Lipinski definition) is 2. The van der Waals surface area contributed by atoms with Gasteiger partial charge in [-0.05, 0) is 48.2 Å². The second kappa shape index (κ2) is 5.07. The monoisotopic (exact) mass is 282 g/mol. The van der Waals surface area contributed by atoms with Gasteiger partial charge in [0.15, 0.2) is 0 Å². The number of rotatable bonds is 2. The van der Waals surface area contributed by atoms with E-state index in [1.807, 2.05) is 0 Å². The molecule has 0 amide bonds. The Bertz CT molecular complexity index is 634. The average molecular weight is 282 g/mol. The van der Waals surface area contributed by atoms with Gasteiger partial charge in [-0.3, -0.25) is 0 Å². The largest absolute Gasteiger partial charge is 0.508 e. The number of aromatic hydroxyl groups is 2. The van der Waals surface area contributed by atoms with Crippen molar-refractivity contribution < 1.29 is 23.4 Å². The lowest BCUT2D eigenvalue weighted by molar-refractivity contribution is -0.138. The fraction of sp³-hybridized carbons (Fsp3) is 0.200. The summed E-state index contributed by atoms with van der Waals surface area (Å²) in [7, 11) is 0. The van der Waals surface area contributed by atoms with E-state index in [9.17, 15) is 23.4 Å². The van der Waals surface area contributed by atoms with E-state index in [1.54, 1.807) is 19.1 Å². The van der Waals surface area contributed by atoms with E-state index in [0.29, 0.717) is 17.5 Å². The minimum atomic E-state index is -4.58. The quantitative estimate of drug-likeness (QED) is 0.873. The van der Waals surface area contributed by atoms with Crippen molar-refractivity contribution in [2.75, 3.05) is 0 Å². The highest BCUT2D eigenvalue weighted by atomic mass is 19.4. The number of hydrogen-bond donors (Lipinski definition) is 2. The summed E-state index contributed by atoms with van der Waals surface area (Å²) in [5, 5.41) is 18.7. The number of benzene rings is 2. The zero-order valence-corrected chi connectivity index (χ0v) is 10.7. The molecule has 0 aliphatic heterocycles. The third-order valence-corrected chi connectivity index (χ3v) is 3.04. The Hall–Kier alpha value is -2.17. The molecule has 0 spiro atoms. The maximum atomic E-state index is 12.7. The Kier molecular flexibility index (Phi) is 3.61. The molecular weight excluding hydrogens is 269 g/mol. The van der Waals surface area contributed by atoms with Gasteiger partial charge >= 0.3 is 6.18 Å². The van der Waals surface area contributed by atoms with Gasteiger partial charge in [0.1, 0.15) is 11.5 Å². The van der Waals surface area contributed by atoms with E-state index in [0.717, 1.165) is 17.7 Å². The molecule has 0 unspecified atom stereocenters. The van der Waals surface area contributed by atoms with Crippen LogP contribution in [0.4, 0.5) is 13.2 Å². The molecule has 2 rings (SSSR count). The molecule has 2 aromatic carbocycles. The molecule has 0 saturated heterocycles. The Morgan fingerprint density at radius 1 is 0.900 bits per heavy atom. The summed E-state index contributed by atoms with van der Waals surface area (Å²) in [6, 6.07) is 8.32. The number of phenols is 2. The molecule has 106 valence electrons. The first-order valence-electron chi connectivity index (χ1n) is 5.95. The first-order chi connectivity index (χ1) is 9.27. The topological polar surface area (TPSA) is 40.5 Å². The Balaban J connectivity index is 2.32. The van der Waals surface area contributed by atoms with Crippen LogP contribution in [0.1, 0.15) is 22.3 Å². The van der Waals surface area contributed by atoms with Gasteiger partial charge in [0.25, 0.3) is 0 Å². The van der Waals surface area contributed by atoms with Crippen LogP contribution >= 0.6 is 0 Å². The van der Waals surface area contributed by atoms with Crippen LogP contribution in [0.25, 0.3) is 0 Å². The van der Waals surface area contributed by atoms with Crippen LogP contribution in [0.15, 0.2) is 36.4 Å². The summed E-state index contributed by atoms with van der Waals surface area (Å²) in [6.45, 7) is 1.72. The zero-order valence-electron chi connectivity index (χ0n) is 10.7. The smallest absolute Gasteiger partial charge is 0.419 e. The van der Waals surface area contributed by atoms with Crippen molar-refractivity contribution in [1.29, 1.82) is 0 Å². The predicted octanol–water partition coefficient (Wildman–Crippen LogP) is 4.02. The molecule has 2 N–H and O–H groups in total. The molecule has 20 heavy (non-hydrogen) atoms. The SMILES string of the molecule is Cc1cc(Cc2ccc(O)c(C(F)(F)F)c2)ccc1O. The molecule has 0 saturated carbocycles. The average Bonchev–Trinajstić information content (AvgIpc) is 2.35. The highest BCUT2D eigenvalue weighted by Crippen LogP contribution is 2.36. The first-order valence-corrected chi connectivity index (χ1v) is 5.95. The molecule has 0 aliphatic carbocycles. The van der Waals surface area contributed by atoms with Crippen molar-refractivity contribution >= 4 is 0 Å². The van der Waals surface area contributed by atoms with Crippen LogP contribution in [0.3, 0.4) is 0 Å². The van der Waals surface area contributed by atoms with E-state index in [-0.39, 0.29) is 5.75 Å². The lowest BCUT2D eigenvalue weighted by Gasteiger charge is -2.11. The van der Waals surface area contributed by atoms with Gasteiger partial charge < -0.3 is 10.2 Å². The minimum absolute atomic E-state index is 0.149. The molecule has 0 bridgehead atoms. The molecule has 2 aromatic rings. The first kappa shape index (κ1) is 14.2. The second-order valence-electron chi connectivity index (χ2n) is 4.65. The highest BCUT2D eigenvalue weighted by Gasteiger charge is 2.33. The molecular formula is C15H13F3O2. The normalized spacial score (nSPS) is 11.6. The van der Waals surface area contributed by atoms with Crippen LogP contribution in [-0.2, 0) is 12.6 Å². The molecule has 0 fully saturated rings.